The Morgan fingerprint density at radius 1 is 1.43 bits per heavy atom. The number of fused-ring (bicyclic) bond motifs is 1. The van der Waals surface area contributed by atoms with Crippen LogP contribution in [0.1, 0.15) is 42.0 Å². The smallest absolute Gasteiger partial charge is 0.356 e. The summed E-state index contributed by atoms with van der Waals surface area (Å²) in [6.45, 7) is 2.11. The molecule has 0 amide bonds. The molecule has 1 aromatic carbocycles. The molecule has 2 aromatic rings. The molecule has 1 aliphatic rings. The molecule has 5 heteroatoms. The zero-order chi connectivity index (χ0) is 15.0. The second kappa shape index (κ2) is 5.24. The molecule has 0 fully saturated rings. The first-order valence-electron chi connectivity index (χ1n) is 7.11. The number of carbonyl (C=O) groups is 1. The lowest BCUT2D eigenvalue weighted by Gasteiger charge is -2.24. The lowest BCUT2D eigenvalue weighted by Crippen LogP contribution is -2.17. The summed E-state index contributed by atoms with van der Waals surface area (Å²) in [5, 5.41) is 9.41. The maximum atomic E-state index is 11.5. The molecule has 0 aliphatic carbocycles. The summed E-state index contributed by atoms with van der Waals surface area (Å²) in [6.07, 6.45) is 2.79. The number of hydrogen-bond acceptors (Lipinski definition) is 3. The first-order valence-corrected chi connectivity index (χ1v) is 7.11. The molecule has 110 valence electrons. The second-order valence-electron chi connectivity index (χ2n) is 5.35. The average molecular weight is 286 g/mol. The molecule has 1 aromatic heterocycles. The van der Waals surface area contributed by atoms with Gasteiger partial charge in [-0.25, -0.2) is 9.78 Å². The number of benzene rings is 1. The highest BCUT2D eigenvalue weighted by Gasteiger charge is 2.28. The summed E-state index contributed by atoms with van der Waals surface area (Å²) in [7, 11) is 1.61. The van der Waals surface area contributed by atoms with E-state index in [1.807, 2.05) is 24.3 Å². The van der Waals surface area contributed by atoms with Crippen LogP contribution in [-0.4, -0.2) is 27.7 Å². The third kappa shape index (κ3) is 2.18. The fourth-order valence-electron chi connectivity index (χ4n) is 3.06. The molecule has 1 atom stereocenters. The van der Waals surface area contributed by atoms with Crippen molar-refractivity contribution in [2.24, 2.45) is 0 Å². The van der Waals surface area contributed by atoms with E-state index in [1.54, 1.807) is 7.11 Å². The molecule has 0 spiro atoms. The van der Waals surface area contributed by atoms with E-state index in [1.165, 1.54) is 0 Å². The van der Waals surface area contributed by atoms with Crippen LogP contribution < -0.4 is 4.74 Å². The number of ether oxygens (including phenoxy) is 1. The topological polar surface area (TPSA) is 64.3 Å². The van der Waals surface area contributed by atoms with E-state index in [0.29, 0.717) is 11.6 Å². The van der Waals surface area contributed by atoms with Gasteiger partial charge in [-0.2, -0.15) is 0 Å². The minimum Gasteiger partial charge on any atom is -0.496 e. The van der Waals surface area contributed by atoms with Crippen LogP contribution in [0.3, 0.4) is 0 Å². The van der Waals surface area contributed by atoms with E-state index in [4.69, 9.17) is 4.74 Å². The van der Waals surface area contributed by atoms with Gasteiger partial charge in [-0.3, -0.25) is 0 Å². The van der Waals surface area contributed by atoms with Crippen molar-refractivity contribution in [1.29, 1.82) is 0 Å². The predicted octanol–water partition coefficient (Wildman–Crippen LogP) is 3.15. The number of aromatic nitrogens is 2. The van der Waals surface area contributed by atoms with E-state index in [9.17, 15) is 9.90 Å². The van der Waals surface area contributed by atoms with Crippen LogP contribution in [-0.2, 0) is 6.42 Å². The van der Waals surface area contributed by atoms with Crippen LogP contribution in [0.25, 0.3) is 11.4 Å². The van der Waals surface area contributed by atoms with Crippen LogP contribution in [0, 0.1) is 0 Å². The normalized spacial score (nSPS) is 17.3. The summed E-state index contributed by atoms with van der Waals surface area (Å²) in [4.78, 5) is 15.9. The van der Waals surface area contributed by atoms with Gasteiger partial charge >= 0.3 is 5.97 Å². The minimum atomic E-state index is -0.964. The molecule has 0 radical (unpaired) electrons. The fraction of sp³-hybridized carbons (Fsp3) is 0.375. The van der Waals surface area contributed by atoms with Crippen molar-refractivity contribution in [1.82, 2.24) is 9.55 Å². The van der Waals surface area contributed by atoms with Gasteiger partial charge in [0.2, 0.25) is 0 Å². The van der Waals surface area contributed by atoms with Crippen LogP contribution >= 0.6 is 0 Å². The third-order valence-corrected chi connectivity index (χ3v) is 4.04. The SMILES string of the molecule is COc1ccccc1-c1nc(C(=O)O)c2n1C(C)CCC2. The van der Waals surface area contributed by atoms with Crippen LogP contribution in [0.5, 0.6) is 5.75 Å². The standard InChI is InChI=1S/C16H18N2O3/c1-10-6-5-8-12-14(16(19)20)17-15(18(10)12)11-7-3-4-9-13(11)21-2/h3-4,7,9-10H,5-6,8H2,1-2H3,(H,19,20). The summed E-state index contributed by atoms with van der Waals surface area (Å²) in [5.74, 6) is 0.432. The third-order valence-electron chi connectivity index (χ3n) is 4.04. The monoisotopic (exact) mass is 286 g/mol. The number of hydrogen-bond donors (Lipinski definition) is 1. The Morgan fingerprint density at radius 3 is 2.90 bits per heavy atom. The number of rotatable bonds is 3. The van der Waals surface area contributed by atoms with Gasteiger partial charge < -0.3 is 14.4 Å². The molecule has 3 rings (SSSR count). The van der Waals surface area contributed by atoms with Gasteiger partial charge in [0.25, 0.3) is 0 Å². The van der Waals surface area contributed by atoms with E-state index in [2.05, 4.69) is 16.5 Å². The lowest BCUT2D eigenvalue weighted by molar-refractivity contribution is 0.0689. The maximum absolute atomic E-state index is 11.5. The number of nitrogens with zero attached hydrogens (tertiary/aromatic N) is 2. The lowest BCUT2D eigenvalue weighted by atomic mass is 10.0. The molecule has 2 heterocycles. The van der Waals surface area contributed by atoms with Gasteiger partial charge in [-0.05, 0) is 38.3 Å². The molecule has 0 bridgehead atoms. The van der Waals surface area contributed by atoms with E-state index in [0.717, 1.165) is 30.5 Å². The van der Waals surface area contributed by atoms with Crippen molar-refractivity contribution < 1.29 is 14.6 Å². The van der Waals surface area contributed by atoms with Gasteiger partial charge in [0, 0.05) is 6.04 Å². The van der Waals surface area contributed by atoms with Gasteiger partial charge in [-0.15, -0.1) is 0 Å². The number of carboxylic acid groups (broad SMARTS) is 1. The molecular weight excluding hydrogens is 268 g/mol. The Labute approximate surface area is 123 Å². The van der Waals surface area contributed by atoms with Gasteiger partial charge in [-0.1, -0.05) is 12.1 Å². The highest BCUT2D eigenvalue weighted by Crippen LogP contribution is 2.36. The fourth-order valence-corrected chi connectivity index (χ4v) is 3.06. The summed E-state index contributed by atoms with van der Waals surface area (Å²) in [5.41, 5.74) is 1.83. The number of aromatic carboxylic acids is 1. The zero-order valence-corrected chi connectivity index (χ0v) is 12.2. The molecule has 1 unspecified atom stereocenters. The predicted molar refractivity (Wildman–Crippen MR) is 78.8 cm³/mol. The van der Waals surface area contributed by atoms with Crippen molar-refractivity contribution >= 4 is 5.97 Å². The highest BCUT2D eigenvalue weighted by atomic mass is 16.5. The largest absolute Gasteiger partial charge is 0.496 e. The van der Waals surface area contributed by atoms with Crippen LogP contribution in [0.4, 0.5) is 0 Å². The Morgan fingerprint density at radius 2 is 2.19 bits per heavy atom. The molecule has 1 aliphatic heterocycles. The molecule has 0 saturated carbocycles. The summed E-state index contributed by atoms with van der Waals surface area (Å²) < 4.78 is 7.46. The van der Waals surface area contributed by atoms with Gasteiger partial charge in [0.05, 0.1) is 18.4 Å². The number of para-hydroxylation sites is 1. The van der Waals surface area contributed by atoms with Crippen molar-refractivity contribution in [2.75, 3.05) is 7.11 Å². The highest BCUT2D eigenvalue weighted by molar-refractivity contribution is 5.88. The summed E-state index contributed by atoms with van der Waals surface area (Å²) in [6, 6.07) is 7.83. The Bertz CT molecular complexity index is 691. The molecular formula is C16H18N2O3. The Balaban J connectivity index is 2.25. The van der Waals surface area contributed by atoms with Crippen molar-refractivity contribution in [2.45, 2.75) is 32.2 Å². The minimum absolute atomic E-state index is 0.169. The summed E-state index contributed by atoms with van der Waals surface area (Å²) >= 11 is 0. The number of imidazole rings is 1. The molecule has 1 N–H and O–H groups in total. The van der Waals surface area contributed by atoms with Crippen LogP contribution in [0.15, 0.2) is 24.3 Å². The first-order chi connectivity index (χ1) is 10.1. The molecule has 5 nitrogen and oxygen atoms in total. The van der Waals surface area contributed by atoms with E-state index >= 15 is 0 Å². The van der Waals surface area contributed by atoms with Crippen LogP contribution in [0.2, 0.25) is 0 Å². The Hall–Kier alpha value is -2.30. The zero-order valence-electron chi connectivity index (χ0n) is 12.2. The van der Waals surface area contributed by atoms with Crippen molar-refractivity contribution in [3.8, 4) is 17.1 Å². The second-order valence-corrected chi connectivity index (χ2v) is 5.35. The van der Waals surface area contributed by atoms with E-state index < -0.39 is 5.97 Å². The molecule has 0 saturated heterocycles. The van der Waals surface area contributed by atoms with Crippen molar-refractivity contribution in [3.63, 3.8) is 0 Å². The maximum Gasteiger partial charge on any atom is 0.356 e. The Kier molecular flexibility index (Phi) is 3.41. The van der Waals surface area contributed by atoms with Gasteiger partial charge in [0.15, 0.2) is 5.69 Å². The quantitative estimate of drug-likeness (QED) is 0.941. The average Bonchev–Trinajstić information content (AvgIpc) is 2.88. The van der Waals surface area contributed by atoms with E-state index in [-0.39, 0.29) is 11.7 Å². The van der Waals surface area contributed by atoms with Crippen molar-refractivity contribution in [3.05, 3.63) is 35.7 Å². The van der Waals surface area contributed by atoms with Gasteiger partial charge in [0.1, 0.15) is 11.6 Å². The number of carboxylic acids is 1. The first kappa shape index (κ1) is 13.7. The number of methoxy groups -OCH3 is 1. The molecule has 21 heavy (non-hydrogen) atoms.